The molecule has 0 bridgehead atoms. The molecule has 1 aromatic carbocycles. The van der Waals surface area contributed by atoms with Gasteiger partial charge in [0, 0.05) is 37.1 Å². The number of hydrogen-bond donors (Lipinski definition) is 0. The molecule has 0 aromatic heterocycles. The zero-order valence-corrected chi connectivity index (χ0v) is 14.9. The van der Waals surface area contributed by atoms with Gasteiger partial charge >= 0.3 is 6.09 Å². The smallest absolute Gasteiger partial charge is 0.410 e. The molecule has 25 heavy (non-hydrogen) atoms. The summed E-state index contributed by atoms with van der Waals surface area (Å²) in [7, 11) is 0. The van der Waals surface area contributed by atoms with Crippen LogP contribution in [0.4, 0.5) is 10.5 Å². The molecule has 1 amide bonds. The highest BCUT2D eigenvalue weighted by Crippen LogP contribution is 2.24. The molecule has 2 rings (SSSR count). The van der Waals surface area contributed by atoms with E-state index in [2.05, 4.69) is 0 Å². The van der Waals surface area contributed by atoms with Crippen LogP contribution in [0.15, 0.2) is 24.3 Å². The number of likely N-dealkylation sites (tertiary alicyclic amines) is 1. The number of ketones is 1. The molecule has 1 atom stereocenters. The van der Waals surface area contributed by atoms with Crippen LogP contribution in [0.25, 0.3) is 0 Å². The first kappa shape index (κ1) is 18.9. The topological polar surface area (TPSA) is 89.8 Å². The summed E-state index contributed by atoms with van der Waals surface area (Å²) in [5, 5.41) is 11.1. The molecular weight excluding hydrogens is 324 g/mol. The van der Waals surface area contributed by atoms with E-state index in [4.69, 9.17) is 4.74 Å². The van der Waals surface area contributed by atoms with Crippen LogP contribution in [0.3, 0.4) is 0 Å². The highest BCUT2D eigenvalue weighted by atomic mass is 16.6. The van der Waals surface area contributed by atoms with Crippen molar-refractivity contribution >= 4 is 17.6 Å². The number of carbonyl (C=O) groups is 2. The number of aryl methyl sites for hydroxylation is 1. The highest BCUT2D eigenvalue weighted by molar-refractivity contribution is 5.84. The fourth-order valence-corrected chi connectivity index (χ4v) is 2.88. The van der Waals surface area contributed by atoms with E-state index in [9.17, 15) is 19.7 Å². The van der Waals surface area contributed by atoms with E-state index >= 15 is 0 Å². The Morgan fingerprint density at radius 1 is 1.36 bits per heavy atom. The SMILES string of the molecule is CC(C)(C)OC(=O)N1CCC(=O)C(CCc2ccccc2[N+](=O)[O-])C1. The van der Waals surface area contributed by atoms with Crippen molar-refractivity contribution in [3.8, 4) is 0 Å². The zero-order chi connectivity index (χ0) is 18.6. The van der Waals surface area contributed by atoms with E-state index in [1.165, 1.54) is 6.07 Å². The number of Topliss-reactive ketones (excluding diaryl/α,β-unsaturated/α-hetero) is 1. The van der Waals surface area contributed by atoms with Crippen LogP contribution in [-0.4, -0.2) is 40.4 Å². The van der Waals surface area contributed by atoms with Crippen LogP contribution < -0.4 is 0 Å². The van der Waals surface area contributed by atoms with Gasteiger partial charge in [-0.1, -0.05) is 18.2 Å². The van der Waals surface area contributed by atoms with E-state index in [-0.39, 0.29) is 17.4 Å². The first-order chi connectivity index (χ1) is 11.7. The number of piperidine rings is 1. The standard InChI is InChI=1S/C18H24N2O5/c1-18(2,3)25-17(22)19-11-10-16(21)14(12-19)9-8-13-6-4-5-7-15(13)20(23)24/h4-7,14H,8-12H2,1-3H3. The monoisotopic (exact) mass is 348 g/mol. The molecule has 0 saturated carbocycles. The predicted molar refractivity (Wildman–Crippen MR) is 92.3 cm³/mol. The average molecular weight is 348 g/mol. The summed E-state index contributed by atoms with van der Waals surface area (Å²) in [6.07, 6.45) is 0.773. The van der Waals surface area contributed by atoms with E-state index < -0.39 is 16.6 Å². The molecule has 1 aliphatic rings. The van der Waals surface area contributed by atoms with Crippen LogP contribution in [0, 0.1) is 16.0 Å². The first-order valence-electron chi connectivity index (χ1n) is 8.40. The number of nitro groups is 1. The second-order valence-corrected chi connectivity index (χ2v) is 7.26. The molecule has 7 heteroatoms. The van der Waals surface area contributed by atoms with Crippen LogP contribution in [0.1, 0.15) is 39.2 Å². The lowest BCUT2D eigenvalue weighted by Crippen LogP contribution is -2.46. The van der Waals surface area contributed by atoms with Crippen LogP contribution in [0.5, 0.6) is 0 Å². The molecule has 1 fully saturated rings. The van der Waals surface area contributed by atoms with Gasteiger partial charge < -0.3 is 9.64 Å². The Labute approximate surface area is 147 Å². The van der Waals surface area contributed by atoms with Crippen molar-refractivity contribution in [3.05, 3.63) is 39.9 Å². The normalized spacial score (nSPS) is 18.1. The Bertz CT molecular complexity index is 666. The fourth-order valence-electron chi connectivity index (χ4n) is 2.88. The van der Waals surface area contributed by atoms with Gasteiger partial charge in [0.25, 0.3) is 5.69 Å². The Morgan fingerprint density at radius 2 is 2.04 bits per heavy atom. The Kier molecular flexibility index (Phi) is 5.77. The van der Waals surface area contributed by atoms with E-state index in [0.29, 0.717) is 37.9 Å². The molecule has 0 spiro atoms. The maximum Gasteiger partial charge on any atom is 0.410 e. The van der Waals surface area contributed by atoms with Gasteiger partial charge in [-0.25, -0.2) is 4.79 Å². The number of nitro benzene ring substituents is 1. The summed E-state index contributed by atoms with van der Waals surface area (Å²) < 4.78 is 5.36. The molecule has 1 unspecified atom stereocenters. The van der Waals surface area contributed by atoms with Crippen molar-refractivity contribution in [1.29, 1.82) is 0 Å². The molecule has 0 N–H and O–H groups in total. The van der Waals surface area contributed by atoms with Crippen molar-refractivity contribution in [2.24, 2.45) is 5.92 Å². The summed E-state index contributed by atoms with van der Waals surface area (Å²) in [4.78, 5) is 36.6. The third kappa shape index (κ3) is 5.27. The minimum Gasteiger partial charge on any atom is -0.444 e. The van der Waals surface area contributed by atoms with Gasteiger partial charge in [0.05, 0.1) is 4.92 Å². The lowest BCUT2D eigenvalue weighted by molar-refractivity contribution is -0.385. The van der Waals surface area contributed by atoms with Crippen molar-refractivity contribution in [2.45, 2.75) is 45.6 Å². The molecule has 1 heterocycles. The third-order valence-corrected chi connectivity index (χ3v) is 4.13. The van der Waals surface area contributed by atoms with E-state index in [0.717, 1.165) is 0 Å². The molecule has 7 nitrogen and oxygen atoms in total. The fraction of sp³-hybridized carbons (Fsp3) is 0.556. The number of para-hydroxylation sites is 1. The van der Waals surface area contributed by atoms with Crippen LogP contribution >= 0.6 is 0 Å². The lowest BCUT2D eigenvalue weighted by atomic mass is 9.90. The zero-order valence-electron chi connectivity index (χ0n) is 14.9. The summed E-state index contributed by atoms with van der Waals surface area (Å²) in [6, 6.07) is 6.54. The van der Waals surface area contributed by atoms with E-state index in [1.807, 2.05) is 0 Å². The lowest BCUT2D eigenvalue weighted by Gasteiger charge is -2.33. The number of hydrogen-bond acceptors (Lipinski definition) is 5. The number of benzene rings is 1. The summed E-state index contributed by atoms with van der Waals surface area (Å²) in [6.45, 7) is 6.05. The molecule has 0 aliphatic carbocycles. The number of rotatable bonds is 4. The molecule has 1 saturated heterocycles. The molecular formula is C18H24N2O5. The second-order valence-electron chi connectivity index (χ2n) is 7.26. The molecule has 136 valence electrons. The van der Waals surface area contributed by atoms with Crippen molar-refractivity contribution in [1.82, 2.24) is 4.90 Å². The van der Waals surface area contributed by atoms with Crippen LogP contribution in [-0.2, 0) is 16.0 Å². The quantitative estimate of drug-likeness (QED) is 0.615. The van der Waals surface area contributed by atoms with Gasteiger partial charge in [0.15, 0.2) is 0 Å². The largest absolute Gasteiger partial charge is 0.444 e. The highest BCUT2D eigenvalue weighted by Gasteiger charge is 2.32. The first-order valence-corrected chi connectivity index (χ1v) is 8.40. The van der Waals surface area contributed by atoms with Crippen molar-refractivity contribution < 1.29 is 19.2 Å². The molecule has 1 aliphatic heterocycles. The maximum atomic E-state index is 12.2. The number of carbonyl (C=O) groups excluding carboxylic acids is 2. The minimum atomic E-state index is -0.585. The van der Waals surface area contributed by atoms with Gasteiger partial charge in [-0.3, -0.25) is 14.9 Å². The summed E-state index contributed by atoms with van der Waals surface area (Å²) in [5.74, 6) is -0.223. The maximum absolute atomic E-state index is 12.2. The Balaban J connectivity index is 2.00. The van der Waals surface area contributed by atoms with Gasteiger partial charge in [-0.2, -0.15) is 0 Å². The number of amides is 1. The Hall–Kier alpha value is -2.44. The summed E-state index contributed by atoms with van der Waals surface area (Å²) in [5.41, 5.74) is 0.0861. The van der Waals surface area contributed by atoms with Crippen molar-refractivity contribution in [2.75, 3.05) is 13.1 Å². The van der Waals surface area contributed by atoms with E-state index in [1.54, 1.807) is 43.9 Å². The number of nitrogens with zero attached hydrogens (tertiary/aromatic N) is 2. The molecule has 0 radical (unpaired) electrons. The van der Waals surface area contributed by atoms with Crippen LogP contribution in [0.2, 0.25) is 0 Å². The van der Waals surface area contributed by atoms with Crippen molar-refractivity contribution in [3.63, 3.8) is 0 Å². The predicted octanol–water partition coefficient (Wildman–Crippen LogP) is 3.35. The minimum absolute atomic E-state index is 0.0646. The number of ether oxygens (including phenoxy) is 1. The van der Waals surface area contributed by atoms with Gasteiger partial charge in [0.2, 0.25) is 0 Å². The molecule has 1 aromatic rings. The summed E-state index contributed by atoms with van der Waals surface area (Å²) >= 11 is 0. The van der Waals surface area contributed by atoms with Gasteiger partial charge in [0.1, 0.15) is 11.4 Å². The Morgan fingerprint density at radius 3 is 2.68 bits per heavy atom. The third-order valence-electron chi connectivity index (χ3n) is 4.13. The second kappa shape index (κ2) is 7.63. The van der Waals surface area contributed by atoms with Gasteiger partial charge in [-0.05, 0) is 33.6 Å². The van der Waals surface area contributed by atoms with Gasteiger partial charge in [-0.15, -0.1) is 0 Å². The average Bonchev–Trinajstić information content (AvgIpc) is 2.52.